The van der Waals surface area contributed by atoms with E-state index in [0.29, 0.717) is 12.0 Å². The number of nitrogens with one attached hydrogen (secondary N) is 5. The number of carbonyl (C=O) groups is 10. The summed E-state index contributed by atoms with van der Waals surface area (Å²) in [5, 5.41) is 50.1. The Morgan fingerprint density at radius 2 is 0.937 bits per heavy atom. The normalized spacial score (nSPS) is 12.7. The Kier molecular flexibility index (Phi) is 27.9. The van der Waals surface area contributed by atoms with E-state index in [-0.39, 0.29) is 31.4 Å². The van der Waals surface area contributed by atoms with E-state index < -0.39 is 175 Å². The Hall–Kier alpha value is -7.12. The van der Waals surface area contributed by atoms with Crippen molar-refractivity contribution >= 4 is 81.3 Å². The van der Waals surface area contributed by atoms with Crippen LogP contribution in [0.2, 0.25) is 13.3 Å². The zero-order chi connectivity index (χ0) is 58.8. The average molecular weight is 1220 g/mol. The molecule has 0 fully saturated rings. The van der Waals surface area contributed by atoms with Gasteiger partial charge in [-0.15, -0.1) is 0 Å². The zero-order valence-corrected chi connectivity index (χ0v) is 47.1. The van der Waals surface area contributed by atoms with Gasteiger partial charge in [0.15, 0.2) is 11.6 Å². The molecule has 0 aliphatic rings. The molecule has 0 aromatic heterocycles. The van der Waals surface area contributed by atoms with Gasteiger partial charge in [0, 0.05) is 30.9 Å². The number of esters is 1. The number of carbonyl (C=O) groups excluding carboxylic acids is 6. The summed E-state index contributed by atoms with van der Waals surface area (Å²) in [4.78, 5) is 128. The van der Waals surface area contributed by atoms with Crippen LogP contribution in [0.25, 0.3) is 0 Å². The zero-order valence-electron chi connectivity index (χ0n) is 44.2. The molecule has 0 saturated carbocycles. The molecule has 3 rings (SSSR count). The molecule has 79 heavy (non-hydrogen) atoms. The SMILES string of the molecule is CCC[CH2][Sn]([CH2]CCC)([CH2]CCC)[c]1cccc(C(=O)NCCCC[C@@H](NC(=O)[C@@H](CCC(=O)O)NC(=O)[C@@H](CCC(=O)O)NC(=O)[C@@H](CCC(=O)O)NC(=O)c2cccc(C(=O)Oc3c(F)c(F)cc(F)c3F)c2)C(=O)O)c1. The molecule has 5 amide bonds. The molecule has 4 atom stereocenters. The van der Waals surface area contributed by atoms with Gasteiger partial charge in [-0.3, -0.25) is 33.6 Å². The second kappa shape index (κ2) is 33.3. The minimum absolute atomic E-state index is 0.128. The van der Waals surface area contributed by atoms with Crippen LogP contribution in [0.15, 0.2) is 54.6 Å². The van der Waals surface area contributed by atoms with E-state index in [2.05, 4.69) is 58.2 Å². The quantitative estimate of drug-likeness (QED) is 0.00765. The Balaban J connectivity index is 1.74. The summed E-state index contributed by atoms with van der Waals surface area (Å²) < 4.78 is 65.4. The first-order valence-electron chi connectivity index (χ1n) is 26.1. The Bertz CT molecular complexity index is 2610. The molecule has 3 aromatic carbocycles. The van der Waals surface area contributed by atoms with Gasteiger partial charge in [-0.05, 0) is 37.5 Å². The maximum atomic E-state index is 14.2. The van der Waals surface area contributed by atoms with Crippen molar-refractivity contribution in [3.05, 3.63) is 94.6 Å². The number of rotatable bonds is 36. The van der Waals surface area contributed by atoms with Crippen molar-refractivity contribution in [1.82, 2.24) is 26.6 Å². The van der Waals surface area contributed by atoms with Gasteiger partial charge >= 0.3 is 223 Å². The van der Waals surface area contributed by atoms with E-state index in [1.54, 1.807) is 6.07 Å². The van der Waals surface area contributed by atoms with E-state index in [1.165, 1.54) is 16.9 Å². The van der Waals surface area contributed by atoms with Crippen LogP contribution in [-0.4, -0.2) is 129 Å². The molecule has 9 N–H and O–H groups in total. The molecular formula is C54H69F4N5O15Sn. The molecule has 3 aromatic rings. The third kappa shape index (κ3) is 21.6. The molecule has 0 unspecified atom stereocenters. The van der Waals surface area contributed by atoms with Crippen LogP contribution >= 0.6 is 0 Å². The summed E-state index contributed by atoms with van der Waals surface area (Å²) in [6.07, 6.45) is 2.71. The number of unbranched alkanes of at least 4 members (excludes halogenated alkanes) is 4. The second-order valence-electron chi connectivity index (χ2n) is 19.0. The number of aliphatic carboxylic acids is 4. The predicted octanol–water partition coefficient (Wildman–Crippen LogP) is 6.35. The third-order valence-electron chi connectivity index (χ3n) is 13.0. The van der Waals surface area contributed by atoms with Crippen molar-refractivity contribution in [2.24, 2.45) is 0 Å². The monoisotopic (exact) mass is 1220 g/mol. The van der Waals surface area contributed by atoms with Crippen molar-refractivity contribution in [2.75, 3.05) is 6.54 Å². The van der Waals surface area contributed by atoms with Crippen molar-refractivity contribution < 1.29 is 90.7 Å². The van der Waals surface area contributed by atoms with Gasteiger partial charge in [0.1, 0.15) is 18.1 Å². The molecule has 0 radical (unpaired) electrons. The number of amides is 5. The number of hydrogen-bond acceptors (Lipinski definition) is 11. The first kappa shape index (κ1) is 66.2. The molecule has 0 aliphatic heterocycles. The maximum absolute atomic E-state index is 14.2. The van der Waals surface area contributed by atoms with Crippen LogP contribution in [0.5, 0.6) is 5.75 Å². The van der Waals surface area contributed by atoms with Crippen molar-refractivity contribution in [3.63, 3.8) is 0 Å². The molecular weight excluding hydrogens is 1150 g/mol. The van der Waals surface area contributed by atoms with Crippen molar-refractivity contribution in [1.29, 1.82) is 0 Å². The summed E-state index contributed by atoms with van der Waals surface area (Å²) in [6, 6.07) is 4.59. The molecule has 20 nitrogen and oxygen atoms in total. The number of ether oxygens (including phenoxy) is 1. The summed E-state index contributed by atoms with van der Waals surface area (Å²) in [5.74, 6) is -22.2. The molecule has 0 saturated heterocycles. The Labute approximate surface area is 458 Å². The van der Waals surface area contributed by atoms with Crippen molar-refractivity contribution in [2.45, 2.75) is 155 Å². The van der Waals surface area contributed by atoms with Crippen LogP contribution in [0, 0.1) is 23.3 Å². The van der Waals surface area contributed by atoms with Gasteiger partial charge in [0.2, 0.25) is 29.2 Å². The van der Waals surface area contributed by atoms with Crippen LogP contribution in [0.4, 0.5) is 17.6 Å². The number of carboxylic acid groups (broad SMARTS) is 4. The van der Waals surface area contributed by atoms with Crippen LogP contribution < -0.4 is 34.9 Å². The van der Waals surface area contributed by atoms with E-state index in [1.807, 2.05) is 12.1 Å². The second-order valence-corrected chi connectivity index (χ2v) is 32.3. The Morgan fingerprint density at radius 1 is 0.506 bits per heavy atom. The fraction of sp³-hybridized carbons (Fsp3) is 0.481. The van der Waals surface area contributed by atoms with E-state index >= 15 is 0 Å². The topological polar surface area (TPSA) is 321 Å². The number of hydrogen-bond donors (Lipinski definition) is 9. The van der Waals surface area contributed by atoms with E-state index in [0.717, 1.165) is 62.8 Å². The van der Waals surface area contributed by atoms with Crippen LogP contribution in [-0.2, 0) is 33.6 Å². The first-order chi connectivity index (χ1) is 37.5. The van der Waals surface area contributed by atoms with E-state index in [9.17, 15) is 85.9 Å². The molecule has 0 aliphatic carbocycles. The van der Waals surface area contributed by atoms with Gasteiger partial charge in [-0.2, -0.15) is 8.78 Å². The molecule has 25 heteroatoms. The van der Waals surface area contributed by atoms with Crippen LogP contribution in [0.3, 0.4) is 0 Å². The van der Waals surface area contributed by atoms with Crippen LogP contribution in [0.1, 0.15) is 148 Å². The standard InChI is InChI=1S/C42H42F4N5O15.3C4H9.Sn/c43-24-20-25(44)34(46)35(33(24)45)66-42(65)23-10-6-9-22(19-23)37(59)48-26(12-15-30(52)53)38(60)49-27(13-16-31(54)55)39(61)50-28(14-17-32(56)57)40(62)51-29(41(63)64)11-4-5-18-47-36(58)21-7-2-1-3-8-21;3*1-3-4-2;/h1-2,6-10,19-20,26-29H,4-5,11-18H2,(H,47,58)(H,48,59)(H,49,60)(H,50,61)(H,51,62)(H,52,53)(H,54,55)(H,56,57)(H,63,64);3*1,3-4H2,2H3;/t26-,27-,28-,29-;;;;/m1..../s1. The summed E-state index contributed by atoms with van der Waals surface area (Å²) >= 11 is -2.86. The summed E-state index contributed by atoms with van der Waals surface area (Å²) in [5.41, 5.74) is -0.528. The van der Waals surface area contributed by atoms with Crippen molar-refractivity contribution in [3.8, 4) is 5.75 Å². The molecule has 0 spiro atoms. The Morgan fingerprint density at radius 3 is 1.39 bits per heavy atom. The summed E-state index contributed by atoms with van der Waals surface area (Å²) in [6.45, 7) is 6.73. The van der Waals surface area contributed by atoms with Gasteiger partial charge < -0.3 is 36.0 Å². The first-order valence-corrected chi connectivity index (χ1v) is 33.6. The average Bonchev–Trinajstić information content (AvgIpc) is 3.43. The molecule has 0 bridgehead atoms. The van der Waals surface area contributed by atoms with Gasteiger partial charge in [0.05, 0.1) is 5.56 Å². The number of carboxylic acids is 4. The summed E-state index contributed by atoms with van der Waals surface area (Å²) in [7, 11) is 0. The molecule has 432 valence electrons. The van der Waals surface area contributed by atoms with Gasteiger partial charge in [-0.1, -0.05) is 6.07 Å². The fourth-order valence-electron chi connectivity index (χ4n) is 8.63. The predicted molar refractivity (Wildman–Crippen MR) is 280 cm³/mol. The molecule has 0 heterocycles. The minimum atomic E-state index is -2.86. The van der Waals surface area contributed by atoms with Gasteiger partial charge in [0.25, 0.3) is 5.91 Å². The number of benzene rings is 3. The number of halogens is 4. The van der Waals surface area contributed by atoms with E-state index in [4.69, 9.17) is 0 Å². The van der Waals surface area contributed by atoms with Gasteiger partial charge in [-0.25, -0.2) is 13.6 Å². The third-order valence-corrected chi connectivity index (χ3v) is 28.6. The fourth-order valence-corrected chi connectivity index (χ4v) is 24.7.